The predicted octanol–water partition coefficient (Wildman–Crippen LogP) is 3.76. The van der Waals surface area contributed by atoms with Gasteiger partial charge in [0.15, 0.2) is 11.5 Å². The monoisotopic (exact) mass is 322 g/mol. The van der Waals surface area contributed by atoms with Gasteiger partial charge in [-0.3, -0.25) is 0 Å². The lowest BCUT2D eigenvalue weighted by molar-refractivity contribution is 0.0470. The summed E-state index contributed by atoms with van der Waals surface area (Å²) in [6.45, 7) is 2.95. The molecule has 0 spiro atoms. The van der Waals surface area contributed by atoms with Crippen molar-refractivity contribution in [3.05, 3.63) is 46.4 Å². The van der Waals surface area contributed by atoms with Crippen molar-refractivity contribution in [3.8, 4) is 11.5 Å². The van der Waals surface area contributed by atoms with Crippen LogP contribution in [0.1, 0.15) is 28.1 Å². The Morgan fingerprint density at radius 3 is 2.91 bits per heavy atom. The Labute approximate surface area is 132 Å². The maximum atomic E-state index is 12.0. The fraction of sp³-hybridized carbons (Fsp3) is 0.312. The first-order valence-electron chi connectivity index (χ1n) is 6.94. The summed E-state index contributed by atoms with van der Waals surface area (Å²) in [5, 5.41) is 0.449. The zero-order valence-corrected chi connectivity index (χ0v) is 12.8. The van der Waals surface area contributed by atoms with Gasteiger partial charge in [0.1, 0.15) is 17.9 Å². The van der Waals surface area contributed by atoms with Gasteiger partial charge >= 0.3 is 5.97 Å². The number of hydrogen-bond donors (Lipinski definition) is 0. The molecule has 0 N–H and O–H groups in total. The molecule has 0 bridgehead atoms. The summed E-state index contributed by atoms with van der Waals surface area (Å²) in [6.07, 6.45) is 2.26. The van der Waals surface area contributed by atoms with Crippen molar-refractivity contribution < 1.29 is 23.4 Å². The molecule has 1 aliphatic heterocycles. The van der Waals surface area contributed by atoms with Crippen molar-refractivity contribution in [2.45, 2.75) is 20.0 Å². The Balaban J connectivity index is 1.73. The molecule has 6 heteroatoms. The second-order valence-electron chi connectivity index (χ2n) is 4.92. The molecular formula is C16H15ClO5. The highest BCUT2D eigenvalue weighted by Gasteiger charge is 2.17. The molecule has 0 atom stereocenters. The van der Waals surface area contributed by atoms with Crippen LogP contribution in [0.15, 0.2) is 28.9 Å². The number of benzene rings is 1. The quantitative estimate of drug-likeness (QED) is 0.805. The van der Waals surface area contributed by atoms with E-state index in [1.807, 2.05) is 0 Å². The zero-order chi connectivity index (χ0) is 15.5. The number of fused-ring (bicyclic) bond motifs is 1. The van der Waals surface area contributed by atoms with Crippen LogP contribution in [0.25, 0.3) is 0 Å². The standard InChI is InChI=1S/C16H15ClO5/c1-10-12(3-6-19-10)16(18)22-9-11-7-13(17)15-14(8-11)20-4-2-5-21-15/h3,6-8H,2,4-5,9H2,1H3. The molecule has 22 heavy (non-hydrogen) atoms. The third-order valence-electron chi connectivity index (χ3n) is 3.31. The van der Waals surface area contributed by atoms with E-state index in [0.29, 0.717) is 41.1 Å². The molecular weight excluding hydrogens is 308 g/mol. The molecule has 1 aliphatic rings. The summed E-state index contributed by atoms with van der Waals surface area (Å²) in [5.41, 5.74) is 1.16. The lowest BCUT2D eigenvalue weighted by Crippen LogP contribution is -2.06. The number of carbonyl (C=O) groups excluding carboxylic acids is 1. The van der Waals surface area contributed by atoms with E-state index in [4.69, 9.17) is 30.2 Å². The Morgan fingerprint density at radius 2 is 2.14 bits per heavy atom. The van der Waals surface area contributed by atoms with Gasteiger partial charge in [0.05, 0.1) is 24.5 Å². The van der Waals surface area contributed by atoms with E-state index < -0.39 is 5.97 Å². The summed E-state index contributed by atoms with van der Waals surface area (Å²) in [7, 11) is 0. The molecule has 0 fully saturated rings. The SMILES string of the molecule is Cc1occc1C(=O)OCc1cc(Cl)c2c(c1)OCCCO2. The van der Waals surface area contributed by atoms with Crippen LogP contribution < -0.4 is 9.47 Å². The Hall–Kier alpha value is -2.14. The van der Waals surface area contributed by atoms with Crippen LogP contribution in [0.2, 0.25) is 5.02 Å². The molecule has 1 aromatic heterocycles. The lowest BCUT2D eigenvalue weighted by Gasteiger charge is -2.11. The molecule has 3 rings (SSSR count). The number of hydrogen-bond acceptors (Lipinski definition) is 5. The molecule has 1 aromatic carbocycles. The third kappa shape index (κ3) is 3.04. The fourth-order valence-corrected chi connectivity index (χ4v) is 2.48. The molecule has 2 aromatic rings. The third-order valence-corrected chi connectivity index (χ3v) is 3.59. The van der Waals surface area contributed by atoms with E-state index in [1.54, 1.807) is 25.1 Å². The average Bonchev–Trinajstić information content (AvgIpc) is 2.78. The topological polar surface area (TPSA) is 57.9 Å². The van der Waals surface area contributed by atoms with E-state index in [2.05, 4.69) is 0 Å². The number of carbonyl (C=O) groups is 1. The summed E-state index contributed by atoms with van der Waals surface area (Å²) >= 11 is 6.20. The number of esters is 1. The average molecular weight is 323 g/mol. The van der Waals surface area contributed by atoms with Gasteiger partial charge in [-0.25, -0.2) is 4.79 Å². The van der Waals surface area contributed by atoms with Gasteiger partial charge in [-0.1, -0.05) is 11.6 Å². The van der Waals surface area contributed by atoms with E-state index in [0.717, 1.165) is 12.0 Å². The molecule has 0 radical (unpaired) electrons. The second-order valence-corrected chi connectivity index (χ2v) is 5.33. The summed E-state index contributed by atoms with van der Waals surface area (Å²) in [4.78, 5) is 12.0. The molecule has 0 saturated heterocycles. The van der Waals surface area contributed by atoms with Gasteiger partial charge in [-0.05, 0) is 30.7 Å². The summed E-state index contributed by atoms with van der Waals surface area (Å²) < 4.78 is 21.5. The van der Waals surface area contributed by atoms with E-state index in [1.165, 1.54) is 6.26 Å². The maximum absolute atomic E-state index is 12.0. The van der Waals surface area contributed by atoms with E-state index in [9.17, 15) is 4.79 Å². The van der Waals surface area contributed by atoms with Crippen molar-refractivity contribution in [2.75, 3.05) is 13.2 Å². The molecule has 5 nitrogen and oxygen atoms in total. The Bertz CT molecular complexity index is 692. The first kappa shape index (κ1) is 14.8. The van der Waals surface area contributed by atoms with E-state index >= 15 is 0 Å². The van der Waals surface area contributed by atoms with Crippen LogP contribution >= 0.6 is 11.6 Å². The predicted molar refractivity (Wildman–Crippen MR) is 79.6 cm³/mol. The van der Waals surface area contributed by atoms with Crippen LogP contribution in [-0.2, 0) is 11.3 Å². The number of ether oxygens (including phenoxy) is 3. The van der Waals surface area contributed by atoms with E-state index in [-0.39, 0.29) is 6.61 Å². The normalized spacial score (nSPS) is 13.5. The van der Waals surface area contributed by atoms with Crippen LogP contribution in [0.5, 0.6) is 11.5 Å². The van der Waals surface area contributed by atoms with Gasteiger partial charge in [0.2, 0.25) is 0 Å². The van der Waals surface area contributed by atoms with Crippen LogP contribution in [0.4, 0.5) is 0 Å². The van der Waals surface area contributed by atoms with Crippen molar-refractivity contribution in [1.29, 1.82) is 0 Å². The van der Waals surface area contributed by atoms with Gasteiger partial charge < -0.3 is 18.6 Å². The van der Waals surface area contributed by atoms with Crippen molar-refractivity contribution in [1.82, 2.24) is 0 Å². The molecule has 0 aliphatic carbocycles. The van der Waals surface area contributed by atoms with Crippen LogP contribution in [0, 0.1) is 6.92 Å². The largest absolute Gasteiger partial charge is 0.489 e. The highest BCUT2D eigenvalue weighted by molar-refractivity contribution is 6.32. The minimum atomic E-state index is -0.436. The number of rotatable bonds is 3. The Morgan fingerprint density at radius 1 is 1.32 bits per heavy atom. The molecule has 2 heterocycles. The number of aryl methyl sites for hydroxylation is 1. The van der Waals surface area contributed by atoms with Crippen LogP contribution in [0.3, 0.4) is 0 Å². The summed E-state index contributed by atoms with van der Waals surface area (Å²) in [5.74, 6) is 1.21. The first-order valence-corrected chi connectivity index (χ1v) is 7.32. The highest BCUT2D eigenvalue weighted by atomic mass is 35.5. The first-order chi connectivity index (χ1) is 10.6. The minimum Gasteiger partial charge on any atom is -0.489 e. The van der Waals surface area contributed by atoms with Crippen molar-refractivity contribution in [2.24, 2.45) is 0 Å². The van der Waals surface area contributed by atoms with Crippen LogP contribution in [-0.4, -0.2) is 19.2 Å². The minimum absolute atomic E-state index is 0.0970. The van der Waals surface area contributed by atoms with Gasteiger partial charge in [-0.2, -0.15) is 0 Å². The molecule has 116 valence electrons. The van der Waals surface area contributed by atoms with Crippen molar-refractivity contribution >= 4 is 17.6 Å². The fourth-order valence-electron chi connectivity index (χ4n) is 2.19. The smallest absolute Gasteiger partial charge is 0.342 e. The Kier molecular flexibility index (Phi) is 4.24. The lowest BCUT2D eigenvalue weighted by atomic mass is 10.2. The van der Waals surface area contributed by atoms with Gasteiger partial charge in [-0.15, -0.1) is 0 Å². The van der Waals surface area contributed by atoms with Crippen molar-refractivity contribution in [3.63, 3.8) is 0 Å². The number of halogens is 1. The molecule has 0 saturated carbocycles. The maximum Gasteiger partial charge on any atom is 0.342 e. The highest BCUT2D eigenvalue weighted by Crippen LogP contribution is 2.38. The number of furan rings is 1. The molecule has 0 unspecified atom stereocenters. The zero-order valence-electron chi connectivity index (χ0n) is 12.1. The van der Waals surface area contributed by atoms with Gasteiger partial charge in [0.25, 0.3) is 0 Å². The summed E-state index contributed by atoms with van der Waals surface area (Å²) in [6, 6.07) is 5.07. The molecule has 0 amide bonds. The second kappa shape index (κ2) is 6.32. The van der Waals surface area contributed by atoms with Gasteiger partial charge in [0, 0.05) is 6.42 Å².